The number of halogens is 2. The highest BCUT2D eigenvalue weighted by molar-refractivity contribution is 7.89. The molecular formula is C24H30F2N4O3S. The molecule has 1 N–H and O–H groups in total. The number of para-hydroxylation sites is 1. The van der Waals surface area contributed by atoms with Crippen molar-refractivity contribution in [2.45, 2.75) is 17.7 Å². The molecule has 2 aliphatic rings. The molecule has 0 atom stereocenters. The van der Waals surface area contributed by atoms with Crippen molar-refractivity contribution in [3.05, 3.63) is 60.2 Å². The lowest BCUT2D eigenvalue weighted by Crippen LogP contribution is -2.49. The van der Waals surface area contributed by atoms with Crippen molar-refractivity contribution in [2.75, 3.05) is 57.3 Å². The van der Waals surface area contributed by atoms with Crippen LogP contribution in [0, 0.1) is 17.6 Å². The van der Waals surface area contributed by atoms with Gasteiger partial charge in [0.05, 0.1) is 4.90 Å². The highest BCUT2D eigenvalue weighted by Crippen LogP contribution is 2.25. The van der Waals surface area contributed by atoms with Crippen molar-refractivity contribution in [3.8, 4) is 0 Å². The van der Waals surface area contributed by atoms with Gasteiger partial charge in [-0.3, -0.25) is 9.69 Å². The second-order valence-corrected chi connectivity index (χ2v) is 10.6. The molecule has 0 aliphatic carbocycles. The van der Waals surface area contributed by atoms with Crippen molar-refractivity contribution < 1.29 is 22.0 Å². The number of nitrogens with zero attached hydrogens (tertiary/aromatic N) is 3. The van der Waals surface area contributed by atoms with Gasteiger partial charge < -0.3 is 10.2 Å². The van der Waals surface area contributed by atoms with Crippen LogP contribution in [0.1, 0.15) is 12.8 Å². The molecule has 10 heteroatoms. The number of piperidine rings is 1. The Bertz CT molecular complexity index is 1080. The van der Waals surface area contributed by atoms with Crippen LogP contribution in [0.15, 0.2) is 53.4 Å². The zero-order valence-corrected chi connectivity index (χ0v) is 19.8. The van der Waals surface area contributed by atoms with Crippen LogP contribution in [0.2, 0.25) is 0 Å². The maximum Gasteiger partial charge on any atom is 0.243 e. The Kier molecular flexibility index (Phi) is 7.80. The van der Waals surface area contributed by atoms with Crippen LogP contribution in [0.4, 0.5) is 14.5 Å². The summed E-state index contributed by atoms with van der Waals surface area (Å²) in [4.78, 5) is 17.0. The van der Waals surface area contributed by atoms with E-state index in [1.54, 1.807) is 0 Å². The average molecular weight is 493 g/mol. The van der Waals surface area contributed by atoms with Crippen LogP contribution >= 0.6 is 0 Å². The second-order valence-electron chi connectivity index (χ2n) is 8.71. The number of benzene rings is 2. The van der Waals surface area contributed by atoms with E-state index in [0.717, 1.165) is 44.9 Å². The lowest BCUT2D eigenvalue weighted by molar-refractivity contribution is -0.126. The topological polar surface area (TPSA) is 73.0 Å². The third kappa shape index (κ3) is 5.73. The molecule has 184 valence electrons. The fraction of sp³-hybridized carbons (Fsp3) is 0.458. The Morgan fingerprint density at radius 3 is 2.24 bits per heavy atom. The van der Waals surface area contributed by atoms with Gasteiger partial charge in [0.2, 0.25) is 15.9 Å². The summed E-state index contributed by atoms with van der Waals surface area (Å²) < 4.78 is 53.3. The highest BCUT2D eigenvalue weighted by Gasteiger charge is 2.32. The average Bonchev–Trinajstić information content (AvgIpc) is 2.86. The number of amides is 1. The summed E-state index contributed by atoms with van der Waals surface area (Å²) in [5, 5.41) is 2.99. The molecule has 0 saturated carbocycles. The number of carbonyl (C=O) groups excluding carboxylic acids is 1. The lowest BCUT2D eigenvalue weighted by Gasteiger charge is -2.36. The molecule has 7 nitrogen and oxygen atoms in total. The maximum absolute atomic E-state index is 13.5. The molecule has 0 aromatic heterocycles. The number of carbonyl (C=O) groups is 1. The number of hydrogen-bond acceptors (Lipinski definition) is 5. The quantitative estimate of drug-likeness (QED) is 0.642. The summed E-state index contributed by atoms with van der Waals surface area (Å²) in [5.74, 6) is -2.61. The Balaban J connectivity index is 1.18. The molecule has 2 aromatic rings. The summed E-state index contributed by atoms with van der Waals surface area (Å²) >= 11 is 0. The molecule has 0 unspecified atom stereocenters. The molecule has 0 radical (unpaired) electrons. The number of sulfonamides is 1. The van der Waals surface area contributed by atoms with E-state index < -0.39 is 21.7 Å². The molecule has 2 heterocycles. The minimum Gasteiger partial charge on any atom is -0.369 e. The van der Waals surface area contributed by atoms with Crippen LogP contribution in [0.25, 0.3) is 0 Å². The van der Waals surface area contributed by atoms with E-state index in [1.165, 1.54) is 9.99 Å². The summed E-state index contributed by atoms with van der Waals surface area (Å²) in [6, 6.07) is 12.9. The van der Waals surface area contributed by atoms with E-state index >= 15 is 0 Å². The van der Waals surface area contributed by atoms with Gasteiger partial charge in [-0.25, -0.2) is 17.2 Å². The van der Waals surface area contributed by atoms with Gasteiger partial charge in [0, 0.05) is 64.0 Å². The second kappa shape index (κ2) is 10.8. The molecule has 2 saturated heterocycles. The third-order valence-corrected chi connectivity index (χ3v) is 8.47. The van der Waals surface area contributed by atoms with Crippen molar-refractivity contribution >= 4 is 21.6 Å². The van der Waals surface area contributed by atoms with Crippen LogP contribution in [-0.4, -0.2) is 75.9 Å². The van der Waals surface area contributed by atoms with E-state index in [1.807, 2.05) is 18.2 Å². The van der Waals surface area contributed by atoms with Gasteiger partial charge in [0.15, 0.2) is 11.6 Å². The van der Waals surface area contributed by atoms with Gasteiger partial charge in [0.25, 0.3) is 0 Å². The predicted molar refractivity (Wildman–Crippen MR) is 126 cm³/mol. The summed E-state index contributed by atoms with van der Waals surface area (Å²) in [6.45, 7) is 5.43. The largest absolute Gasteiger partial charge is 0.369 e. The Morgan fingerprint density at radius 1 is 0.912 bits per heavy atom. The van der Waals surface area contributed by atoms with Gasteiger partial charge in [-0.1, -0.05) is 18.2 Å². The molecule has 2 aromatic carbocycles. The molecule has 2 fully saturated rings. The summed E-state index contributed by atoms with van der Waals surface area (Å²) in [7, 11) is -3.92. The SMILES string of the molecule is O=C(NCCN1CCN(c2ccccc2)CC1)C1CCN(S(=O)(=O)c2ccc(F)c(F)c2)CC1. The number of rotatable bonds is 7. The van der Waals surface area contributed by atoms with Gasteiger partial charge in [0.1, 0.15) is 0 Å². The standard InChI is InChI=1S/C24H30F2N4O3S/c25-22-7-6-21(18-23(22)26)34(32,33)30-11-8-19(9-12-30)24(31)27-10-13-28-14-16-29(17-15-28)20-4-2-1-3-5-20/h1-7,18-19H,8-17H2,(H,27,31). The predicted octanol–water partition coefficient (Wildman–Crippen LogP) is 2.30. The minimum atomic E-state index is -3.92. The molecule has 2 aliphatic heterocycles. The van der Waals surface area contributed by atoms with Gasteiger partial charge in [-0.15, -0.1) is 0 Å². The Labute approximate surface area is 199 Å². The smallest absolute Gasteiger partial charge is 0.243 e. The molecule has 4 rings (SSSR count). The van der Waals surface area contributed by atoms with Crippen molar-refractivity contribution in [3.63, 3.8) is 0 Å². The van der Waals surface area contributed by atoms with E-state index in [0.29, 0.717) is 25.5 Å². The third-order valence-electron chi connectivity index (χ3n) is 6.57. The zero-order chi connectivity index (χ0) is 24.1. The first kappa shape index (κ1) is 24.6. The van der Waals surface area contributed by atoms with Crippen molar-refractivity contribution in [1.29, 1.82) is 0 Å². The Morgan fingerprint density at radius 2 is 1.59 bits per heavy atom. The molecule has 0 spiro atoms. The first-order valence-electron chi connectivity index (χ1n) is 11.6. The minimum absolute atomic E-state index is 0.0622. The normalized spacial score (nSPS) is 18.7. The first-order valence-corrected chi connectivity index (χ1v) is 13.0. The fourth-order valence-corrected chi connectivity index (χ4v) is 5.98. The number of nitrogens with one attached hydrogen (secondary N) is 1. The highest BCUT2D eigenvalue weighted by atomic mass is 32.2. The fourth-order valence-electron chi connectivity index (χ4n) is 4.49. The van der Waals surface area contributed by atoms with Crippen LogP contribution in [0.3, 0.4) is 0 Å². The summed E-state index contributed by atoms with van der Waals surface area (Å²) in [5.41, 5.74) is 1.23. The van der Waals surface area contributed by atoms with Crippen molar-refractivity contribution in [2.24, 2.45) is 5.92 Å². The summed E-state index contributed by atoms with van der Waals surface area (Å²) in [6.07, 6.45) is 0.787. The van der Waals surface area contributed by atoms with Crippen LogP contribution in [0.5, 0.6) is 0 Å². The van der Waals surface area contributed by atoms with Gasteiger partial charge >= 0.3 is 0 Å². The number of hydrogen-bond donors (Lipinski definition) is 1. The maximum atomic E-state index is 13.5. The van der Waals surface area contributed by atoms with E-state index in [4.69, 9.17) is 0 Å². The van der Waals surface area contributed by atoms with Gasteiger partial charge in [-0.2, -0.15) is 4.31 Å². The molecular weight excluding hydrogens is 462 g/mol. The molecule has 34 heavy (non-hydrogen) atoms. The zero-order valence-electron chi connectivity index (χ0n) is 19.0. The lowest BCUT2D eigenvalue weighted by atomic mass is 9.97. The van der Waals surface area contributed by atoms with Gasteiger partial charge in [-0.05, 0) is 43.2 Å². The van der Waals surface area contributed by atoms with E-state index in [2.05, 4.69) is 27.2 Å². The first-order chi connectivity index (χ1) is 16.3. The molecule has 1 amide bonds. The Hall–Kier alpha value is -2.56. The van der Waals surface area contributed by atoms with Crippen LogP contribution in [-0.2, 0) is 14.8 Å². The van der Waals surface area contributed by atoms with E-state index in [9.17, 15) is 22.0 Å². The molecule has 0 bridgehead atoms. The number of piperazine rings is 1. The van der Waals surface area contributed by atoms with Crippen LogP contribution < -0.4 is 10.2 Å². The van der Waals surface area contributed by atoms with E-state index in [-0.39, 0.29) is 29.8 Å². The van der Waals surface area contributed by atoms with Crippen molar-refractivity contribution in [1.82, 2.24) is 14.5 Å². The number of anilines is 1. The monoisotopic (exact) mass is 492 g/mol.